The maximum absolute atomic E-state index is 12.2. The van der Waals surface area contributed by atoms with Crippen molar-refractivity contribution in [2.24, 2.45) is 0 Å². The number of aromatic nitrogens is 1. The molecule has 2 unspecified atom stereocenters. The van der Waals surface area contributed by atoms with Crippen molar-refractivity contribution in [1.82, 2.24) is 10.3 Å². The first kappa shape index (κ1) is 15.4. The molecule has 5 N–H and O–H groups in total. The number of aliphatic hydroxyl groups is 1. The van der Waals surface area contributed by atoms with E-state index in [1.54, 1.807) is 0 Å². The molecule has 2 atom stereocenters. The fourth-order valence-electron chi connectivity index (χ4n) is 1.76. The van der Waals surface area contributed by atoms with Gasteiger partial charge in [0.25, 0.3) is 5.91 Å². The van der Waals surface area contributed by atoms with Crippen LogP contribution >= 0.6 is 23.1 Å². The summed E-state index contributed by atoms with van der Waals surface area (Å²) >= 11 is 2.80. The molecule has 1 aromatic rings. The highest BCUT2D eigenvalue weighted by Gasteiger charge is 2.25. The third-order valence-electron chi connectivity index (χ3n) is 3.16. The van der Waals surface area contributed by atoms with Crippen LogP contribution < -0.4 is 16.4 Å². The number of hydrogen-bond donors (Lipinski definition) is 4. The number of carbonyl (C=O) groups is 1. The summed E-state index contributed by atoms with van der Waals surface area (Å²) in [5.41, 5.74) is 5.80. The Bertz CT molecular complexity index is 472. The molecule has 1 saturated carbocycles. The molecular weight excluding hydrogens is 296 g/mol. The van der Waals surface area contributed by atoms with Crippen LogP contribution in [-0.2, 0) is 0 Å². The SMILES string of the molecule is CSC(CO)C(C)NC(=O)c1sc(NC2CC2)nc1N. The van der Waals surface area contributed by atoms with Gasteiger partial charge in [-0.15, -0.1) is 0 Å². The van der Waals surface area contributed by atoms with Gasteiger partial charge >= 0.3 is 0 Å². The molecule has 1 aliphatic rings. The van der Waals surface area contributed by atoms with Gasteiger partial charge in [0.2, 0.25) is 0 Å². The van der Waals surface area contributed by atoms with E-state index in [9.17, 15) is 9.90 Å². The van der Waals surface area contributed by atoms with E-state index < -0.39 is 0 Å². The van der Waals surface area contributed by atoms with Crippen molar-refractivity contribution in [3.8, 4) is 0 Å². The Hall–Kier alpha value is -0.990. The topological polar surface area (TPSA) is 100 Å². The van der Waals surface area contributed by atoms with Crippen molar-refractivity contribution in [3.63, 3.8) is 0 Å². The van der Waals surface area contributed by atoms with Gasteiger partial charge in [-0.3, -0.25) is 4.79 Å². The van der Waals surface area contributed by atoms with Crippen molar-refractivity contribution in [2.75, 3.05) is 23.9 Å². The fourth-order valence-corrected chi connectivity index (χ4v) is 3.25. The number of nitrogens with zero attached hydrogens (tertiary/aromatic N) is 1. The van der Waals surface area contributed by atoms with Crippen LogP contribution in [0.2, 0.25) is 0 Å². The number of carbonyl (C=O) groups excluding carboxylic acids is 1. The number of thiazole rings is 1. The minimum absolute atomic E-state index is 0.0231. The van der Waals surface area contributed by atoms with Crippen molar-refractivity contribution in [2.45, 2.75) is 37.1 Å². The maximum atomic E-state index is 12.2. The van der Waals surface area contributed by atoms with Gasteiger partial charge in [-0.2, -0.15) is 11.8 Å². The molecule has 1 amide bonds. The average molecular weight is 316 g/mol. The molecule has 0 saturated heterocycles. The average Bonchev–Trinajstić information content (AvgIpc) is 3.13. The van der Waals surface area contributed by atoms with Crippen LogP contribution in [0.15, 0.2) is 0 Å². The van der Waals surface area contributed by atoms with E-state index in [1.165, 1.54) is 23.1 Å². The number of rotatable bonds is 7. The highest BCUT2D eigenvalue weighted by atomic mass is 32.2. The molecule has 0 spiro atoms. The van der Waals surface area contributed by atoms with Gasteiger partial charge in [-0.1, -0.05) is 11.3 Å². The second-order valence-electron chi connectivity index (χ2n) is 4.87. The van der Waals surface area contributed by atoms with Crippen LogP contribution in [0.5, 0.6) is 0 Å². The lowest BCUT2D eigenvalue weighted by Gasteiger charge is -2.20. The zero-order valence-electron chi connectivity index (χ0n) is 11.5. The molecule has 1 aromatic heterocycles. The molecule has 2 rings (SSSR count). The van der Waals surface area contributed by atoms with Gasteiger partial charge in [-0.05, 0) is 26.0 Å². The Morgan fingerprint density at radius 3 is 2.90 bits per heavy atom. The summed E-state index contributed by atoms with van der Waals surface area (Å²) in [5, 5.41) is 16.0. The first-order valence-electron chi connectivity index (χ1n) is 6.52. The number of anilines is 2. The van der Waals surface area contributed by atoms with Gasteiger partial charge in [0, 0.05) is 17.3 Å². The number of thioether (sulfide) groups is 1. The highest BCUT2D eigenvalue weighted by Crippen LogP contribution is 2.30. The lowest BCUT2D eigenvalue weighted by Crippen LogP contribution is -2.41. The monoisotopic (exact) mass is 316 g/mol. The predicted octanol–water partition coefficient (Wildman–Crippen LogP) is 1.14. The van der Waals surface area contributed by atoms with Crippen molar-refractivity contribution >= 4 is 40.0 Å². The molecule has 20 heavy (non-hydrogen) atoms. The summed E-state index contributed by atoms with van der Waals surface area (Å²) < 4.78 is 0. The zero-order chi connectivity index (χ0) is 14.7. The van der Waals surface area contributed by atoms with Gasteiger partial charge in [0.1, 0.15) is 10.7 Å². The third-order valence-corrected chi connectivity index (χ3v) is 5.33. The van der Waals surface area contributed by atoms with E-state index in [0.717, 1.165) is 12.8 Å². The van der Waals surface area contributed by atoms with Crippen molar-refractivity contribution in [1.29, 1.82) is 0 Å². The number of nitrogen functional groups attached to an aromatic ring is 1. The Kier molecular flexibility index (Phi) is 5.11. The number of nitrogens with two attached hydrogens (primary N) is 1. The van der Waals surface area contributed by atoms with Crippen LogP contribution in [0, 0.1) is 0 Å². The minimum Gasteiger partial charge on any atom is -0.395 e. The molecule has 112 valence electrons. The molecule has 1 fully saturated rings. The molecule has 0 bridgehead atoms. The van der Waals surface area contributed by atoms with Crippen LogP contribution in [-0.4, -0.2) is 46.2 Å². The van der Waals surface area contributed by atoms with Gasteiger partial charge in [-0.25, -0.2) is 4.98 Å². The molecule has 0 aromatic carbocycles. The van der Waals surface area contributed by atoms with E-state index in [-0.39, 0.29) is 29.6 Å². The molecule has 0 radical (unpaired) electrons. The number of amides is 1. The minimum atomic E-state index is -0.233. The largest absolute Gasteiger partial charge is 0.395 e. The molecule has 1 aliphatic carbocycles. The van der Waals surface area contributed by atoms with Crippen molar-refractivity contribution in [3.05, 3.63) is 4.88 Å². The third kappa shape index (κ3) is 3.77. The van der Waals surface area contributed by atoms with E-state index in [4.69, 9.17) is 5.73 Å². The molecule has 0 aliphatic heterocycles. The van der Waals surface area contributed by atoms with Crippen LogP contribution in [0.1, 0.15) is 29.4 Å². The van der Waals surface area contributed by atoms with Crippen molar-refractivity contribution < 1.29 is 9.90 Å². The van der Waals surface area contributed by atoms with Crippen LogP contribution in [0.3, 0.4) is 0 Å². The first-order chi connectivity index (χ1) is 9.55. The summed E-state index contributed by atoms with van der Waals surface area (Å²) in [6.45, 7) is 1.89. The maximum Gasteiger partial charge on any atom is 0.265 e. The zero-order valence-corrected chi connectivity index (χ0v) is 13.2. The van der Waals surface area contributed by atoms with E-state index in [2.05, 4.69) is 15.6 Å². The lowest BCUT2D eigenvalue weighted by atomic mass is 10.2. The normalized spacial score (nSPS) is 17.6. The smallest absolute Gasteiger partial charge is 0.265 e. The number of nitrogens with one attached hydrogen (secondary N) is 2. The Morgan fingerprint density at radius 1 is 1.65 bits per heavy atom. The number of aliphatic hydroxyl groups excluding tert-OH is 1. The summed E-state index contributed by atoms with van der Waals surface area (Å²) in [6, 6.07) is 0.342. The van der Waals surface area contributed by atoms with E-state index in [1.807, 2.05) is 13.2 Å². The number of hydrogen-bond acceptors (Lipinski definition) is 7. The predicted molar refractivity (Wildman–Crippen MR) is 84.5 cm³/mol. The second-order valence-corrected chi connectivity index (χ2v) is 6.95. The fraction of sp³-hybridized carbons (Fsp3) is 0.667. The quantitative estimate of drug-likeness (QED) is 0.602. The van der Waals surface area contributed by atoms with Gasteiger partial charge in [0.05, 0.1) is 6.61 Å². The summed E-state index contributed by atoms with van der Waals surface area (Å²) in [5.74, 6) is 0.0244. The Morgan fingerprint density at radius 2 is 2.35 bits per heavy atom. The molecular formula is C12H20N4O2S2. The molecule has 1 heterocycles. The van der Waals surface area contributed by atoms with Crippen LogP contribution in [0.4, 0.5) is 10.9 Å². The Labute approximate surface area is 126 Å². The molecule has 8 heteroatoms. The second kappa shape index (κ2) is 6.64. The standard InChI is InChI=1S/C12H20N4O2S2/c1-6(8(5-17)19-2)14-11(18)9-10(13)16-12(20-9)15-7-3-4-7/h6-8,17H,3-5,13H2,1-2H3,(H,14,18)(H,15,16). The van der Waals surface area contributed by atoms with E-state index >= 15 is 0 Å². The summed E-state index contributed by atoms with van der Waals surface area (Å²) in [6.07, 6.45) is 4.19. The van der Waals surface area contributed by atoms with E-state index in [0.29, 0.717) is 16.1 Å². The Balaban J connectivity index is 1.99. The van der Waals surface area contributed by atoms with Crippen LogP contribution in [0.25, 0.3) is 0 Å². The van der Waals surface area contributed by atoms with Gasteiger partial charge in [0.15, 0.2) is 5.13 Å². The highest BCUT2D eigenvalue weighted by molar-refractivity contribution is 7.99. The summed E-state index contributed by atoms with van der Waals surface area (Å²) in [4.78, 5) is 16.8. The van der Waals surface area contributed by atoms with Gasteiger partial charge < -0.3 is 21.5 Å². The first-order valence-corrected chi connectivity index (χ1v) is 8.63. The summed E-state index contributed by atoms with van der Waals surface area (Å²) in [7, 11) is 0. The molecule has 6 nitrogen and oxygen atoms in total. The lowest BCUT2D eigenvalue weighted by molar-refractivity contribution is 0.0940.